The van der Waals surface area contributed by atoms with Crippen LogP contribution in [-0.4, -0.2) is 9.55 Å². The predicted molar refractivity (Wildman–Crippen MR) is 66.2 cm³/mol. The molecule has 1 aromatic heterocycles. The van der Waals surface area contributed by atoms with Gasteiger partial charge < -0.3 is 10.3 Å². The monoisotopic (exact) mass is 233 g/mol. The van der Waals surface area contributed by atoms with E-state index in [1.54, 1.807) is 6.07 Å². The van der Waals surface area contributed by atoms with Gasteiger partial charge in [-0.3, -0.25) is 0 Å². The summed E-state index contributed by atoms with van der Waals surface area (Å²) in [6.45, 7) is 2.25. The van der Waals surface area contributed by atoms with E-state index in [9.17, 15) is 4.39 Å². The molecule has 2 aromatic rings. The van der Waals surface area contributed by atoms with Crippen molar-refractivity contribution in [2.75, 3.05) is 5.73 Å². The number of benzene rings is 1. The maximum atomic E-state index is 13.6. The Balaban J connectivity index is 2.16. The third-order valence-corrected chi connectivity index (χ3v) is 3.73. The van der Waals surface area contributed by atoms with Crippen molar-refractivity contribution in [1.82, 2.24) is 9.55 Å². The molecule has 0 radical (unpaired) electrons. The summed E-state index contributed by atoms with van der Waals surface area (Å²) in [7, 11) is 0. The lowest BCUT2D eigenvalue weighted by atomic mass is 10.1. The van der Waals surface area contributed by atoms with Gasteiger partial charge in [0.15, 0.2) is 5.82 Å². The molecule has 4 heteroatoms. The number of aromatic nitrogens is 2. The lowest BCUT2D eigenvalue weighted by Crippen LogP contribution is -2.08. The lowest BCUT2D eigenvalue weighted by molar-refractivity contribution is 0.510. The molecule has 3 rings (SSSR count). The van der Waals surface area contributed by atoms with Crippen molar-refractivity contribution < 1.29 is 4.39 Å². The van der Waals surface area contributed by atoms with Crippen LogP contribution in [0.25, 0.3) is 11.0 Å². The summed E-state index contributed by atoms with van der Waals surface area (Å²) in [5, 5.41) is 0. The molecule has 3 nitrogen and oxygen atoms in total. The minimum atomic E-state index is -0.293. The second-order valence-electron chi connectivity index (χ2n) is 5.02. The summed E-state index contributed by atoms with van der Waals surface area (Å²) >= 11 is 0. The topological polar surface area (TPSA) is 43.8 Å². The van der Waals surface area contributed by atoms with E-state index in [0.717, 1.165) is 18.4 Å². The molecular weight excluding hydrogens is 217 g/mol. The summed E-state index contributed by atoms with van der Waals surface area (Å²) in [6.07, 6.45) is 3.42. The number of para-hydroxylation sites is 1. The zero-order valence-electron chi connectivity index (χ0n) is 9.86. The van der Waals surface area contributed by atoms with Gasteiger partial charge in [-0.05, 0) is 37.3 Å². The lowest BCUT2D eigenvalue weighted by Gasteiger charge is -2.14. The summed E-state index contributed by atoms with van der Waals surface area (Å²) in [4.78, 5) is 4.15. The SMILES string of the molecule is CC1CCC(n2c(N)nc3c(F)cccc32)C1. The number of hydrogen-bond donors (Lipinski definition) is 1. The van der Waals surface area contributed by atoms with E-state index in [1.807, 2.05) is 10.6 Å². The van der Waals surface area contributed by atoms with Gasteiger partial charge in [-0.1, -0.05) is 13.0 Å². The number of fused-ring (bicyclic) bond motifs is 1. The number of imidazole rings is 1. The maximum Gasteiger partial charge on any atom is 0.201 e. The minimum Gasteiger partial charge on any atom is -0.369 e. The molecule has 1 aromatic carbocycles. The first-order valence-electron chi connectivity index (χ1n) is 6.08. The molecular formula is C13H16FN3. The van der Waals surface area contributed by atoms with Gasteiger partial charge in [0.25, 0.3) is 0 Å². The van der Waals surface area contributed by atoms with Crippen LogP contribution in [0.2, 0.25) is 0 Å². The van der Waals surface area contributed by atoms with Crippen molar-refractivity contribution >= 4 is 17.0 Å². The second-order valence-corrected chi connectivity index (χ2v) is 5.02. The maximum absolute atomic E-state index is 13.6. The Labute approximate surface area is 99.4 Å². The average Bonchev–Trinajstić information content (AvgIpc) is 2.82. The number of nitrogens with two attached hydrogens (primary N) is 1. The molecule has 0 aliphatic heterocycles. The Morgan fingerprint density at radius 1 is 1.41 bits per heavy atom. The zero-order valence-corrected chi connectivity index (χ0v) is 9.86. The highest BCUT2D eigenvalue weighted by Gasteiger charge is 2.26. The third-order valence-electron chi connectivity index (χ3n) is 3.73. The van der Waals surface area contributed by atoms with E-state index in [2.05, 4.69) is 11.9 Å². The molecule has 17 heavy (non-hydrogen) atoms. The van der Waals surface area contributed by atoms with Crippen molar-refractivity contribution in [3.05, 3.63) is 24.0 Å². The quantitative estimate of drug-likeness (QED) is 0.822. The highest BCUT2D eigenvalue weighted by molar-refractivity contribution is 5.79. The first-order valence-corrected chi connectivity index (χ1v) is 6.08. The van der Waals surface area contributed by atoms with E-state index in [-0.39, 0.29) is 5.82 Å². The fourth-order valence-corrected chi connectivity index (χ4v) is 2.90. The molecule has 1 heterocycles. The Morgan fingerprint density at radius 3 is 2.94 bits per heavy atom. The van der Waals surface area contributed by atoms with Crippen LogP contribution >= 0.6 is 0 Å². The number of nitrogen functional groups attached to an aromatic ring is 1. The van der Waals surface area contributed by atoms with Gasteiger partial charge in [-0.2, -0.15) is 0 Å². The van der Waals surface area contributed by atoms with Crippen LogP contribution in [-0.2, 0) is 0 Å². The van der Waals surface area contributed by atoms with Crippen LogP contribution in [0.4, 0.5) is 10.3 Å². The van der Waals surface area contributed by atoms with Crippen LogP contribution in [0.15, 0.2) is 18.2 Å². The van der Waals surface area contributed by atoms with Crippen LogP contribution in [0, 0.1) is 11.7 Å². The van der Waals surface area contributed by atoms with Crippen molar-refractivity contribution in [2.24, 2.45) is 5.92 Å². The van der Waals surface area contributed by atoms with E-state index >= 15 is 0 Å². The molecule has 0 bridgehead atoms. The molecule has 0 spiro atoms. The molecule has 0 saturated heterocycles. The fraction of sp³-hybridized carbons (Fsp3) is 0.462. The number of halogens is 1. The first kappa shape index (κ1) is 10.6. The van der Waals surface area contributed by atoms with Gasteiger partial charge in [-0.25, -0.2) is 9.37 Å². The standard InChI is InChI=1S/C13H16FN3/c1-8-5-6-9(7-8)17-11-4-2-3-10(14)12(11)16-13(17)15/h2-4,8-9H,5-7H2,1H3,(H2,15,16). The third kappa shape index (κ3) is 1.59. The highest BCUT2D eigenvalue weighted by atomic mass is 19.1. The number of nitrogens with zero attached hydrogens (tertiary/aromatic N) is 2. The van der Waals surface area contributed by atoms with Gasteiger partial charge in [0.05, 0.1) is 5.52 Å². The average molecular weight is 233 g/mol. The number of rotatable bonds is 1. The van der Waals surface area contributed by atoms with E-state index in [1.165, 1.54) is 12.5 Å². The van der Waals surface area contributed by atoms with Crippen LogP contribution in [0.1, 0.15) is 32.2 Å². The largest absolute Gasteiger partial charge is 0.369 e. The smallest absolute Gasteiger partial charge is 0.201 e. The van der Waals surface area contributed by atoms with Crippen molar-refractivity contribution in [2.45, 2.75) is 32.2 Å². The fourth-order valence-electron chi connectivity index (χ4n) is 2.90. The number of hydrogen-bond acceptors (Lipinski definition) is 2. The van der Waals surface area contributed by atoms with E-state index < -0.39 is 0 Å². The predicted octanol–water partition coefficient (Wildman–Crippen LogP) is 3.12. The summed E-state index contributed by atoms with van der Waals surface area (Å²) in [6, 6.07) is 5.41. The second kappa shape index (κ2) is 3.72. The van der Waals surface area contributed by atoms with Crippen molar-refractivity contribution in [3.63, 3.8) is 0 Å². The zero-order chi connectivity index (χ0) is 12.0. The Morgan fingerprint density at radius 2 is 2.24 bits per heavy atom. The first-order chi connectivity index (χ1) is 8.16. The molecule has 1 saturated carbocycles. The molecule has 2 atom stereocenters. The molecule has 1 aliphatic rings. The van der Waals surface area contributed by atoms with E-state index in [0.29, 0.717) is 23.4 Å². The minimum absolute atomic E-state index is 0.293. The van der Waals surface area contributed by atoms with E-state index in [4.69, 9.17) is 5.73 Å². The van der Waals surface area contributed by atoms with Crippen molar-refractivity contribution in [3.8, 4) is 0 Å². The van der Waals surface area contributed by atoms with Crippen LogP contribution in [0.5, 0.6) is 0 Å². The Hall–Kier alpha value is -1.58. The summed E-state index contributed by atoms with van der Waals surface area (Å²) in [5.74, 6) is 0.855. The molecule has 2 unspecified atom stereocenters. The summed E-state index contributed by atoms with van der Waals surface area (Å²) in [5.41, 5.74) is 7.15. The van der Waals surface area contributed by atoms with Gasteiger partial charge in [-0.15, -0.1) is 0 Å². The highest BCUT2D eigenvalue weighted by Crippen LogP contribution is 2.37. The van der Waals surface area contributed by atoms with Crippen molar-refractivity contribution in [1.29, 1.82) is 0 Å². The van der Waals surface area contributed by atoms with Gasteiger partial charge in [0.2, 0.25) is 5.95 Å². The molecule has 2 N–H and O–H groups in total. The number of anilines is 1. The van der Waals surface area contributed by atoms with Gasteiger partial charge in [0, 0.05) is 6.04 Å². The van der Waals surface area contributed by atoms with Crippen LogP contribution < -0.4 is 5.73 Å². The normalized spacial score (nSPS) is 24.6. The van der Waals surface area contributed by atoms with Gasteiger partial charge in [0.1, 0.15) is 5.52 Å². The summed E-state index contributed by atoms with van der Waals surface area (Å²) < 4.78 is 15.6. The van der Waals surface area contributed by atoms with Crippen LogP contribution in [0.3, 0.4) is 0 Å². The van der Waals surface area contributed by atoms with Gasteiger partial charge >= 0.3 is 0 Å². The molecule has 1 fully saturated rings. The molecule has 1 aliphatic carbocycles. The molecule has 90 valence electrons. The molecule has 0 amide bonds. The Kier molecular flexibility index (Phi) is 2.31. The Bertz CT molecular complexity index is 561.